The van der Waals surface area contributed by atoms with E-state index in [4.69, 9.17) is 4.98 Å². The topological polar surface area (TPSA) is 38.1 Å². The van der Waals surface area contributed by atoms with Crippen molar-refractivity contribution in [2.45, 2.75) is 6.92 Å². The van der Waals surface area contributed by atoms with Gasteiger partial charge in [-0.25, -0.2) is 4.98 Å². The molecule has 0 atom stereocenters. The van der Waals surface area contributed by atoms with Crippen LogP contribution in [0.4, 0.5) is 0 Å². The molecule has 1 aromatic carbocycles. The number of benzene rings is 1. The van der Waals surface area contributed by atoms with Gasteiger partial charge in [-0.2, -0.15) is 0 Å². The van der Waals surface area contributed by atoms with Crippen LogP contribution in [0.15, 0.2) is 89.0 Å². The molecule has 0 aliphatic heterocycles. The third kappa shape index (κ3) is 4.41. The van der Waals surface area contributed by atoms with Crippen molar-refractivity contribution in [1.29, 1.82) is 0 Å². The zero-order valence-electron chi connectivity index (χ0n) is 14.4. The van der Waals surface area contributed by atoms with Gasteiger partial charge in [0.25, 0.3) is 0 Å². The lowest BCUT2D eigenvalue weighted by atomic mass is 10.0. The van der Waals surface area contributed by atoms with Crippen LogP contribution in [0.5, 0.6) is 0 Å². The number of rotatable bonds is 5. The average molecular weight is 404 g/mol. The minimum Gasteiger partial charge on any atom is -0.255 e. The molecule has 2 heterocycles. The van der Waals surface area contributed by atoms with Crippen LogP contribution >= 0.6 is 15.9 Å². The summed E-state index contributed by atoms with van der Waals surface area (Å²) in [4.78, 5) is 13.5. The molecule has 26 heavy (non-hydrogen) atoms. The highest BCUT2D eigenvalue weighted by atomic mass is 79.9. The first kappa shape index (κ1) is 18.0. The van der Waals surface area contributed by atoms with Gasteiger partial charge >= 0.3 is 0 Å². The van der Waals surface area contributed by atoms with E-state index in [1.807, 2.05) is 61.5 Å². The largest absolute Gasteiger partial charge is 0.255 e. The number of hydrogen-bond acceptors (Lipinski definition) is 3. The number of halogens is 1. The number of allylic oxidation sites excluding steroid dienone is 2. The molecule has 0 saturated heterocycles. The van der Waals surface area contributed by atoms with Crippen molar-refractivity contribution < 1.29 is 0 Å². The van der Waals surface area contributed by atoms with Crippen LogP contribution in [-0.4, -0.2) is 16.2 Å². The van der Waals surface area contributed by atoms with Crippen molar-refractivity contribution in [3.05, 3.63) is 89.7 Å². The molecule has 3 nitrogen and oxygen atoms in total. The lowest BCUT2D eigenvalue weighted by Crippen LogP contribution is -1.94. The summed E-state index contributed by atoms with van der Waals surface area (Å²) in [5, 5.41) is 0. The normalized spacial score (nSPS) is 11.3. The molecule has 0 amide bonds. The summed E-state index contributed by atoms with van der Waals surface area (Å²) in [7, 11) is 0. The Morgan fingerprint density at radius 2 is 1.85 bits per heavy atom. The van der Waals surface area contributed by atoms with Crippen molar-refractivity contribution in [2.75, 3.05) is 0 Å². The summed E-state index contributed by atoms with van der Waals surface area (Å²) in [6.07, 6.45) is 7.27. The number of hydrogen-bond donors (Lipinski definition) is 0. The first-order chi connectivity index (χ1) is 12.7. The molecule has 0 fully saturated rings. The van der Waals surface area contributed by atoms with E-state index in [0.29, 0.717) is 5.70 Å². The number of aliphatic imine (C=N–C) groups is 1. The Labute approximate surface area is 162 Å². The van der Waals surface area contributed by atoms with Crippen molar-refractivity contribution >= 4 is 27.8 Å². The summed E-state index contributed by atoms with van der Waals surface area (Å²) < 4.78 is 1.04. The Kier molecular flexibility index (Phi) is 5.87. The predicted octanol–water partition coefficient (Wildman–Crippen LogP) is 6.19. The third-order valence-corrected chi connectivity index (χ3v) is 4.26. The Morgan fingerprint density at radius 1 is 1.04 bits per heavy atom. The van der Waals surface area contributed by atoms with Gasteiger partial charge in [0.15, 0.2) is 0 Å². The van der Waals surface area contributed by atoms with E-state index in [9.17, 15) is 0 Å². The molecule has 0 aliphatic rings. The van der Waals surface area contributed by atoms with Crippen LogP contribution in [0, 0.1) is 0 Å². The van der Waals surface area contributed by atoms with Gasteiger partial charge in [0, 0.05) is 16.9 Å². The molecule has 128 valence electrons. The third-order valence-electron chi connectivity index (χ3n) is 3.73. The van der Waals surface area contributed by atoms with Gasteiger partial charge in [0.1, 0.15) is 0 Å². The van der Waals surface area contributed by atoms with E-state index >= 15 is 0 Å². The highest BCUT2D eigenvalue weighted by Gasteiger charge is 2.09. The summed E-state index contributed by atoms with van der Waals surface area (Å²) in [6.45, 7) is 6.00. The van der Waals surface area contributed by atoms with E-state index in [1.165, 1.54) is 0 Å². The van der Waals surface area contributed by atoms with Gasteiger partial charge in [0.05, 0.1) is 22.8 Å². The second-order valence-corrected chi connectivity index (χ2v) is 6.51. The fourth-order valence-electron chi connectivity index (χ4n) is 2.42. The molecule has 0 unspecified atom stereocenters. The molecule has 0 spiro atoms. The van der Waals surface area contributed by atoms with Gasteiger partial charge < -0.3 is 0 Å². The van der Waals surface area contributed by atoms with Crippen molar-refractivity contribution in [1.82, 2.24) is 9.97 Å². The number of pyridine rings is 2. The second kappa shape index (κ2) is 8.50. The molecular weight excluding hydrogens is 386 g/mol. The van der Waals surface area contributed by atoms with Gasteiger partial charge in [0.2, 0.25) is 0 Å². The zero-order valence-corrected chi connectivity index (χ0v) is 16.0. The standard InChI is InChI=1S/C22H18BrN3/c1-3-4-12-24-16(2)21-14-18(17-8-10-19(23)11-9-17)15-22(26-21)20-7-5-6-13-25-20/h3-15H,2H2,1H3/b4-3-,24-12-. The Morgan fingerprint density at radius 3 is 2.54 bits per heavy atom. The number of nitrogens with zero attached hydrogens (tertiary/aromatic N) is 3. The fraction of sp³-hybridized carbons (Fsp3) is 0.0455. The van der Waals surface area contributed by atoms with Crippen molar-refractivity contribution in [2.24, 2.45) is 4.99 Å². The lowest BCUT2D eigenvalue weighted by molar-refractivity contribution is 1.22. The van der Waals surface area contributed by atoms with Gasteiger partial charge in [-0.1, -0.05) is 46.8 Å². The van der Waals surface area contributed by atoms with E-state index in [1.54, 1.807) is 12.4 Å². The minimum atomic E-state index is 0.610. The zero-order chi connectivity index (χ0) is 18.4. The van der Waals surface area contributed by atoms with Crippen molar-refractivity contribution in [3.8, 4) is 22.5 Å². The smallest absolute Gasteiger partial charge is 0.0900 e. The molecule has 0 radical (unpaired) electrons. The summed E-state index contributed by atoms with van der Waals surface area (Å²) in [5.41, 5.74) is 5.09. The lowest BCUT2D eigenvalue weighted by Gasteiger charge is -2.09. The summed E-state index contributed by atoms with van der Waals surface area (Å²) in [6, 6.07) is 18.0. The first-order valence-electron chi connectivity index (χ1n) is 8.21. The molecule has 0 aliphatic carbocycles. The van der Waals surface area contributed by atoms with Crippen LogP contribution in [0.3, 0.4) is 0 Å². The van der Waals surface area contributed by atoms with E-state index in [2.05, 4.69) is 44.6 Å². The number of aromatic nitrogens is 2. The maximum absolute atomic E-state index is 4.72. The van der Waals surface area contributed by atoms with Crippen molar-refractivity contribution in [3.63, 3.8) is 0 Å². The molecule has 3 rings (SSSR count). The van der Waals surface area contributed by atoms with E-state index < -0.39 is 0 Å². The quantitative estimate of drug-likeness (QED) is 0.476. The van der Waals surface area contributed by atoms with E-state index in [0.717, 1.165) is 32.7 Å². The molecule has 4 heteroatoms. The molecule has 0 saturated carbocycles. The van der Waals surface area contributed by atoms with Crippen LogP contribution in [-0.2, 0) is 0 Å². The molecule has 2 aromatic heterocycles. The molecule has 0 bridgehead atoms. The predicted molar refractivity (Wildman–Crippen MR) is 113 cm³/mol. The molecule has 3 aromatic rings. The minimum absolute atomic E-state index is 0.610. The van der Waals surface area contributed by atoms with Gasteiger partial charge in [-0.05, 0) is 60.5 Å². The fourth-order valence-corrected chi connectivity index (χ4v) is 2.68. The highest BCUT2D eigenvalue weighted by Crippen LogP contribution is 2.28. The first-order valence-corrected chi connectivity index (χ1v) is 9.01. The van der Waals surface area contributed by atoms with Gasteiger partial charge in [-0.3, -0.25) is 9.98 Å². The van der Waals surface area contributed by atoms with E-state index in [-0.39, 0.29) is 0 Å². The van der Waals surface area contributed by atoms with Crippen LogP contribution < -0.4 is 0 Å². The second-order valence-electron chi connectivity index (χ2n) is 5.60. The summed E-state index contributed by atoms with van der Waals surface area (Å²) in [5.74, 6) is 0. The Hall–Kier alpha value is -2.85. The SMILES string of the molecule is C=C(/N=C\C=C/C)c1cc(-c2ccc(Br)cc2)cc(-c2ccccn2)n1. The summed E-state index contributed by atoms with van der Waals surface area (Å²) >= 11 is 3.48. The molecule has 0 N–H and O–H groups in total. The van der Waals surface area contributed by atoms with Crippen LogP contribution in [0.2, 0.25) is 0 Å². The van der Waals surface area contributed by atoms with Crippen LogP contribution in [0.25, 0.3) is 28.2 Å². The monoisotopic (exact) mass is 403 g/mol. The highest BCUT2D eigenvalue weighted by molar-refractivity contribution is 9.10. The average Bonchev–Trinajstić information content (AvgIpc) is 2.69. The Bertz CT molecular complexity index is 958. The van der Waals surface area contributed by atoms with Crippen LogP contribution in [0.1, 0.15) is 12.6 Å². The maximum Gasteiger partial charge on any atom is 0.0900 e. The maximum atomic E-state index is 4.72. The molecular formula is C22H18BrN3. The van der Waals surface area contributed by atoms with Gasteiger partial charge in [-0.15, -0.1) is 0 Å². The Balaban J connectivity index is 2.10.